The Labute approximate surface area is 55.5 Å². The van der Waals surface area contributed by atoms with Crippen LogP contribution < -0.4 is 0 Å². The van der Waals surface area contributed by atoms with Gasteiger partial charge in [-0.15, -0.1) is 15.3 Å². The zero-order chi connectivity index (χ0) is 5.70. The summed E-state index contributed by atoms with van der Waals surface area (Å²) in [5.41, 5.74) is 0. The van der Waals surface area contributed by atoms with Crippen molar-refractivity contribution in [2.24, 2.45) is 0 Å². The van der Waals surface area contributed by atoms with Crippen LogP contribution in [0.2, 0.25) is 12.6 Å². The highest BCUT2D eigenvalue weighted by Crippen LogP contribution is 2.04. The Balaban J connectivity index is 2.68. The van der Waals surface area contributed by atoms with Gasteiger partial charge in [0.05, 0.1) is 0 Å². The van der Waals surface area contributed by atoms with Crippen molar-refractivity contribution in [1.29, 1.82) is 0 Å². The smallest absolute Gasteiger partial charge is 0.111 e. The van der Waals surface area contributed by atoms with E-state index >= 15 is 0 Å². The maximum absolute atomic E-state index is 3.61. The van der Waals surface area contributed by atoms with Crippen molar-refractivity contribution in [3.63, 3.8) is 0 Å². The SMILES string of the molecule is CCCC[SiH](C)Br. The van der Waals surface area contributed by atoms with E-state index in [1.165, 1.54) is 18.9 Å². The fourth-order valence-electron chi connectivity index (χ4n) is 0.485. The van der Waals surface area contributed by atoms with E-state index in [2.05, 4.69) is 28.8 Å². The number of unbranched alkanes of at least 4 members (excludes halogenated alkanes) is 1. The Morgan fingerprint density at radius 1 is 1.57 bits per heavy atom. The minimum absolute atomic E-state index is 0.376. The number of hydrogen-bond acceptors (Lipinski definition) is 0. The summed E-state index contributed by atoms with van der Waals surface area (Å²) in [7, 11) is -0.376. The summed E-state index contributed by atoms with van der Waals surface area (Å²) in [6, 6.07) is 1.45. The second-order valence-electron chi connectivity index (χ2n) is 1.92. The molecule has 0 aliphatic carbocycles. The van der Waals surface area contributed by atoms with E-state index in [0.29, 0.717) is 0 Å². The Hall–Kier alpha value is 0.697. The molecular formula is C5H13BrSi. The van der Waals surface area contributed by atoms with Gasteiger partial charge in [-0.1, -0.05) is 32.4 Å². The average Bonchev–Trinajstić information content (AvgIpc) is 1.61. The lowest BCUT2D eigenvalue weighted by molar-refractivity contribution is 0.879. The third kappa shape index (κ3) is 6.70. The van der Waals surface area contributed by atoms with E-state index in [4.69, 9.17) is 0 Å². The standard InChI is InChI=1S/C5H13BrSi/c1-3-4-5-7(2)6/h7H,3-5H2,1-2H3. The summed E-state index contributed by atoms with van der Waals surface area (Å²) in [4.78, 5) is 0. The van der Waals surface area contributed by atoms with Gasteiger partial charge in [0.25, 0.3) is 0 Å². The maximum atomic E-state index is 3.61. The zero-order valence-corrected chi connectivity index (χ0v) is 7.82. The molecule has 0 nitrogen and oxygen atoms in total. The summed E-state index contributed by atoms with van der Waals surface area (Å²) < 4.78 is 0. The van der Waals surface area contributed by atoms with Gasteiger partial charge in [-0.05, 0) is 0 Å². The topological polar surface area (TPSA) is 0 Å². The largest absolute Gasteiger partial charge is 0.131 e. The summed E-state index contributed by atoms with van der Waals surface area (Å²) in [5, 5.41) is 0. The van der Waals surface area contributed by atoms with Gasteiger partial charge in [-0.25, -0.2) is 0 Å². The van der Waals surface area contributed by atoms with Crippen LogP contribution in [-0.2, 0) is 0 Å². The molecule has 0 aromatic heterocycles. The van der Waals surface area contributed by atoms with Crippen molar-refractivity contribution in [2.75, 3.05) is 0 Å². The summed E-state index contributed by atoms with van der Waals surface area (Å²) in [5.74, 6) is 0. The molecule has 1 unspecified atom stereocenters. The molecule has 0 aliphatic heterocycles. The molecule has 0 bridgehead atoms. The van der Waals surface area contributed by atoms with Gasteiger partial charge in [0.15, 0.2) is 0 Å². The highest BCUT2D eigenvalue weighted by molar-refractivity contribution is 9.24. The molecule has 0 rings (SSSR count). The first kappa shape index (κ1) is 7.70. The minimum atomic E-state index is -0.376. The van der Waals surface area contributed by atoms with Crippen LogP contribution in [0.1, 0.15) is 19.8 Å². The molecule has 7 heavy (non-hydrogen) atoms. The van der Waals surface area contributed by atoms with Gasteiger partial charge in [-0.3, -0.25) is 0 Å². The van der Waals surface area contributed by atoms with Crippen molar-refractivity contribution in [3.8, 4) is 0 Å². The van der Waals surface area contributed by atoms with Gasteiger partial charge in [0, 0.05) is 0 Å². The predicted molar refractivity (Wildman–Crippen MR) is 41.7 cm³/mol. The van der Waals surface area contributed by atoms with Gasteiger partial charge in [0.2, 0.25) is 0 Å². The lowest BCUT2D eigenvalue weighted by Crippen LogP contribution is -1.91. The van der Waals surface area contributed by atoms with Crippen LogP contribution in [0.25, 0.3) is 0 Å². The molecule has 0 spiro atoms. The van der Waals surface area contributed by atoms with Crippen LogP contribution in [-0.4, -0.2) is 7.42 Å². The first-order chi connectivity index (χ1) is 3.27. The molecule has 44 valence electrons. The normalized spacial score (nSPS) is 14.1. The molecule has 0 aromatic carbocycles. The van der Waals surface area contributed by atoms with Crippen LogP contribution >= 0.6 is 15.3 Å². The number of hydrogen-bond donors (Lipinski definition) is 0. The van der Waals surface area contributed by atoms with Gasteiger partial charge >= 0.3 is 0 Å². The number of halogens is 1. The zero-order valence-electron chi connectivity index (χ0n) is 5.08. The Kier molecular flexibility index (Phi) is 5.33. The molecule has 1 atom stereocenters. The van der Waals surface area contributed by atoms with Crippen molar-refractivity contribution >= 4 is 22.7 Å². The average molecular weight is 181 g/mol. The van der Waals surface area contributed by atoms with E-state index in [1.807, 2.05) is 0 Å². The van der Waals surface area contributed by atoms with Crippen LogP contribution in [0.5, 0.6) is 0 Å². The van der Waals surface area contributed by atoms with Crippen LogP contribution in [0.4, 0.5) is 0 Å². The maximum Gasteiger partial charge on any atom is 0.111 e. The van der Waals surface area contributed by atoms with E-state index in [1.54, 1.807) is 0 Å². The highest BCUT2D eigenvalue weighted by atomic mass is 79.9. The summed E-state index contributed by atoms with van der Waals surface area (Å²) in [6.07, 6.45) is 2.77. The van der Waals surface area contributed by atoms with Crippen molar-refractivity contribution < 1.29 is 0 Å². The monoisotopic (exact) mass is 180 g/mol. The molecule has 0 fully saturated rings. The fraction of sp³-hybridized carbons (Fsp3) is 1.00. The third-order valence-electron chi connectivity index (χ3n) is 0.955. The third-order valence-corrected chi connectivity index (χ3v) is 3.53. The van der Waals surface area contributed by atoms with Crippen molar-refractivity contribution in [2.45, 2.75) is 32.4 Å². The number of rotatable bonds is 3. The Morgan fingerprint density at radius 3 is 2.29 bits per heavy atom. The second kappa shape index (κ2) is 4.85. The van der Waals surface area contributed by atoms with Crippen LogP contribution in [0, 0.1) is 0 Å². The Bertz CT molecular complexity index is 37.1. The first-order valence-corrected chi connectivity index (χ1v) is 8.07. The van der Waals surface area contributed by atoms with Gasteiger partial charge < -0.3 is 0 Å². The second-order valence-corrected chi connectivity index (χ2v) is 8.75. The van der Waals surface area contributed by atoms with E-state index in [9.17, 15) is 0 Å². The molecule has 0 heterocycles. The summed E-state index contributed by atoms with van der Waals surface area (Å²) in [6.45, 7) is 4.57. The van der Waals surface area contributed by atoms with Crippen LogP contribution in [0.15, 0.2) is 0 Å². The summed E-state index contributed by atoms with van der Waals surface area (Å²) >= 11 is 3.61. The van der Waals surface area contributed by atoms with Crippen LogP contribution in [0.3, 0.4) is 0 Å². The molecule has 0 aliphatic rings. The minimum Gasteiger partial charge on any atom is -0.131 e. The quantitative estimate of drug-likeness (QED) is 0.463. The first-order valence-electron chi connectivity index (χ1n) is 2.91. The lowest BCUT2D eigenvalue weighted by Gasteiger charge is -1.94. The van der Waals surface area contributed by atoms with E-state index in [0.717, 1.165) is 0 Å². The molecule has 0 saturated heterocycles. The van der Waals surface area contributed by atoms with Gasteiger partial charge in [0.1, 0.15) is 7.42 Å². The fourth-order valence-corrected chi connectivity index (χ4v) is 2.43. The lowest BCUT2D eigenvalue weighted by atomic mass is 10.4. The van der Waals surface area contributed by atoms with E-state index < -0.39 is 0 Å². The van der Waals surface area contributed by atoms with Crippen molar-refractivity contribution in [3.05, 3.63) is 0 Å². The molecule has 0 amide bonds. The molecule has 0 N–H and O–H groups in total. The molecule has 2 heteroatoms. The predicted octanol–water partition coefficient (Wildman–Crippen LogP) is 2.54. The highest BCUT2D eigenvalue weighted by Gasteiger charge is 1.93. The molecule has 0 aromatic rings. The Morgan fingerprint density at radius 2 is 2.14 bits per heavy atom. The van der Waals surface area contributed by atoms with Gasteiger partial charge in [-0.2, -0.15) is 0 Å². The molecule has 0 radical (unpaired) electrons. The van der Waals surface area contributed by atoms with E-state index in [-0.39, 0.29) is 7.42 Å². The molecular weight excluding hydrogens is 168 g/mol. The molecule has 0 saturated carbocycles. The van der Waals surface area contributed by atoms with Crippen molar-refractivity contribution in [1.82, 2.24) is 0 Å².